The Morgan fingerprint density at radius 2 is 1.82 bits per heavy atom. The van der Waals surface area contributed by atoms with Crippen LogP contribution in [0.15, 0.2) is 12.1 Å². The second-order valence-electron chi connectivity index (χ2n) is 4.98. The number of benzene rings is 1. The molecule has 2 rings (SSSR count). The molecule has 0 spiro atoms. The zero-order valence-corrected chi connectivity index (χ0v) is 12.8. The predicted molar refractivity (Wildman–Crippen MR) is 78.5 cm³/mol. The molecule has 1 aromatic rings. The number of carbonyl (C=O) groups is 2. The zero-order valence-electron chi connectivity index (χ0n) is 12.8. The molecule has 0 saturated carbocycles. The van der Waals surface area contributed by atoms with Crippen molar-refractivity contribution in [2.24, 2.45) is 5.92 Å². The van der Waals surface area contributed by atoms with Crippen LogP contribution in [0.2, 0.25) is 0 Å². The average molecular weight is 309 g/mol. The summed E-state index contributed by atoms with van der Waals surface area (Å²) >= 11 is 0. The molecule has 0 aromatic heterocycles. The van der Waals surface area contributed by atoms with Gasteiger partial charge < -0.3 is 24.2 Å². The third-order valence-corrected chi connectivity index (χ3v) is 3.69. The Labute approximate surface area is 128 Å². The molecule has 0 radical (unpaired) electrons. The fraction of sp³-hybridized carbons (Fsp3) is 0.467. The number of aliphatic hydroxyl groups excluding tert-OH is 1. The molecular formula is C15H19NO6. The van der Waals surface area contributed by atoms with E-state index in [0.29, 0.717) is 18.8 Å². The molecule has 0 unspecified atom stereocenters. The van der Waals surface area contributed by atoms with Crippen LogP contribution in [-0.4, -0.2) is 58.1 Å². The van der Waals surface area contributed by atoms with Crippen LogP contribution >= 0.6 is 0 Å². The molecule has 7 heteroatoms. The van der Waals surface area contributed by atoms with Crippen molar-refractivity contribution in [1.29, 1.82) is 0 Å². The van der Waals surface area contributed by atoms with Gasteiger partial charge in [-0.2, -0.15) is 0 Å². The molecule has 0 aliphatic carbocycles. The lowest BCUT2D eigenvalue weighted by Crippen LogP contribution is -2.48. The SMILES string of the molecule is COC(=O)c1ccc(N2CC(CO)C2)c(OC)c1C(=O)OC. The molecule has 0 amide bonds. The van der Waals surface area contributed by atoms with Gasteiger partial charge in [-0.1, -0.05) is 0 Å². The zero-order chi connectivity index (χ0) is 16.3. The van der Waals surface area contributed by atoms with E-state index < -0.39 is 11.9 Å². The van der Waals surface area contributed by atoms with Crippen LogP contribution in [0.5, 0.6) is 5.75 Å². The smallest absolute Gasteiger partial charge is 0.342 e. The molecule has 1 aromatic carbocycles. The summed E-state index contributed by atoms with van der Waals surface area (Å²) in [4.78, 5) is 25.9. The number of rotatable bonds is 5. The van der Waals surface area contributed by atoms with Crippen molar-refractivity contribution in [1.82, 2.24) is 0 Å². The Morgan fingerprint density at radius 1 is 1.18 bits per heavy atom. The minimum absolute atomic E-state index is 0.0433. The van der Waals surface area contributed by atoms with E-state index in [9.17, 15) is 9.59 Å². The number of ether oxygens (including phenoxy) is 3. The van der Waals surface area contributed by atoms with Crippen LogP contribution in [0.3, 0.4) is 0 Å². The molecule has 1 aliphatic heterocycles. The molecule has 1 fully saturated rings. The van der Waals surface area contributed by atoms with Crippen molar-refractivity contribution in [3.05, 3.63) is 23.3 Å². The normalized spacial score (nSPS) is 14.3. The fourth-order valence-electron chi connectivity index (χ4n) is 2.49. The van der Waals surface area contributed by atoms with E-state index >= 15 is 0 Å². The van der Waals surface area contributed by atoms with Crippen molar-refractivity contribution in [3.63, 3.8) is 0 Å². The predicted octanol–water partition coefficient (Wildman–Crippen LogP) is 0.697. The maximum Gasteiger partial charge on any atom is 0.342 e. The Morgan fingerprint density at radius 3 is 2.32 bits per heavy atom. The number of anilines is 1. The minimum atomic E-state index is -0.668. The highest BCUT2D eigenvalue weighted by atomic mass is 16.5. The molecule has 0 bridgehead atoms. The van der Waals surface area contributed by atoms with Crippen molar-refractivity contribution in [3.8, 4) is 5.75 Å². The largest absolute Gasteiger partial charge is 0.494 e. The highest BCUT2D eigenvalue weighted by molar-refractivity contribution is 6.06. The topological polar surface area (TPSA) is 85.3 Å². The number of aliphatic hydroxyl groups is 1. The molecule has 22 heavy (non-hydrogen) atoms. The van der Waals surface area contributed by atoms with Gasteiger partial charge in [0.15, 0.2) is 5.75 Å². The Hall–Kier alpha value is -2.28. The van der Waals surface area contributed by atoms with Gasteiger partial charge in [-0.3, -0.25) is 0 Å². The van der Waals surface area contributed by atoms with Crippen molar-refractivity contribution in [2.45, 2.75) is 0 Å². The van der Waals surface area contributed by atoms with Crippen molar-refractivity contribution < 1.29 is 28.9 Å². The van der Waals surface area contributed by atoms with E-state index in [2.05, 4.69) is 0 Å². The summed E-state index contributed by atoms with van der Waals surface area (Å²) in [5.74, 6) is -0.835. The summed E-state index contributed by atoms with van der Waals surface area (Å²) in [6.07, 6.45) is 0. The van der Waals surface area contributed by atoms with E-state index in [0.717, 1.165) is 0 Å². The van der Waals surface area contributed by atoms with Crippen LogP contribution < -0.4 is 9.64 Å². The molecule has 1 N–H and O–H groups in total. The van der Waals surface area contributed by atoms with Crippen LogP contribution in [0.4, 0.5) is 5.69 Å². The molecular weight excluding hydrogens is 290 g/mol. The maximum atomic E-state index is 12.1. The number of methoxy groups -OCH3 is 3. The van der Waals surface area contributed by atoms with Gasteiger partial charge in [0.05, 0.1) is 32.6 Å². The van der Waals surface area contributed by atoms with Gasteiger partial charge >= 0.3 is 11.9 Å². The van der Waals surface area contributed by atoms with E-state index in [1.54, 1.807) is 6.07 Å². The second-order valence-corrected chi connectivity index (χ2v) is 4.98. The van der Waals surface area contributed by atoms with Crippen molar-refractivity contribution in [2.75, 3.05) is 45.9 Å². The summed E-state index contributed by atoms with van der Waals surface area (Å²) in [7, 11) is 3.90. The molecule has 1 saturated heterocycles. The first-order valence-corrected chi connectivity index (χ1v) is 6.80. The number of carbonyl (C=O) groups excluding carboxylic acids is 2. The first kappa shape index (κ1) is 16.1. The number of esters is 2. The first-order chi connectivity index (χ1) is 10.6. The van der Waals surface area contributed by atoms with E-state index in [1.807, 2.05) is 4.90 Å². The molecule has 1 aliphatic rings. The van der Waals surface area contributed by atoms with Gasteiger partial charge in [0.25, 0.3) is 0 Å². The summed E-state index contributed by atoms with van der Waals surface area (Å²) in [6, 6.07) is 3.22. The van der Waals surface area contributed by atoms with E-state index in [-0.39, 0.29) is 29.4 Å². The van der Waals surface area contributed by atoms with Crippen molar-refractivity contribution >= 4 is 17.6 Å². The standard InChI is InChI=1S/C15H19NO6/c1-20-13-11(16-6-9(7-16)8-17)5-4-10(14(18)21-2)12(13)15(19)22-3/h4-5,9,17H,6-8H2,1-3H3. The van der Waals surface area contributed by atoms with Gasteiger partial charge in [-0.15, -0.1) is 0 Å². The van der Waals surface area contributed by atoms with Crippen LogP contribution in [0.25, 0.3) is 0 Å². The first-order valence-electron chi connectivity index (χ1n) is 6.80. The van der Waals surface area contributed by atoms with Crippen LogP contribution in [0.1, 0.15) is 20.7 Å². The summed E-state index contributed by atoms with van der Waals surface area (Å²) in [5.41, 5.74) is 0.816. The lowest BCUT2D eigenvalue weighted by molar-refractivity contribution is 0.0552. The summed E-state index contributed by atoms with van der Waals surface area (Å²) < 4.78 is 14.8. The molecule has 7 nitrogen and oxygen atoms in total. The molecule has 120 valence electrons. The van der Waals surface area contributed by atoms with Gasteiger partial charge in [-0.05, 0) is 12.1 Å². The van der Waals surface area contributed by atoms with Gasteiger partial charge in [0.1, 0.15) is 5.56 Å². The maximum absolute atomic E-state index is 12.1. The molecule has 0 atom stereocenters. The molecule has 1 heterocycles. The Bertz CT molecular complexity index is 580. The van der Waals surface area contributed by atoms with Gasteiger partial charge in [-0.25, -0.2) is 9.59 Å². The Balaban J connectivity index is 2.49. The third kappa shape index (κ3) is 2.71. The summed E-state index contributed by atoms with van der Waals surface area (Å²) in [6.45, 7) is 1.43. The minimum Gasteiger partial charge on any atom is -0.494 e. The van der Waals surface area contributed by atoms with E-state index in [1.165, 1.54) is 27.4 Å². The second kappa shape index (κ2) is 6.65. The van der Waals surface area contributed by atoms with Gasteiger partial charge in [0.2, 0.25) is 0 Å². The number of hydrogen-bond donors (Lipinski definition) is 1. The number of hydrogen-bond acceptors (Lipinski definition) is 7. The van der Waals surface area contributed by atoms with Gasteiger partial charge in [0, 0.05) is 25.6 Å². The summed E-state index contributed by atoms with van der Waals surface area (Å²) in [5, 5.41) is 9.11. The third-order valence-electron chi connectivity index (χ3n) is 3.69. The lowest BCUT2D eigenvalue weighted by atomic mass is 9.97. The van der Waals surface area contributed by atoms with Crippen LogP contribution in [-0.2, 0) is 9.47 Å². The van der Waals surface area contributed by atoms with Crippen LogP contribution in [0, 0.1) is 5.92 Å². The highest BCUT2D eigenvalue weighted by Crippen LogP contribution is 2.38. The van der Waals surface area contributed by atoms with E-state index in [4.69, 9.17) is 19.3 Å². The Kier molecular flexibility index (Phi) is 4.87. The number of nitrogens with zero attached hydrogens (tertiary/aromatic N) is 1. The highest BCUT2D eigenvalue weighted by Gasteiger charge is 2.32. The monoisotopic (exact) mass is 309 g/mol. The lowest BCUT2D eigenvalue weighted by Gasteiger charge is -2.41. The fourth-order valence-corrected chi connectivity index (χ4v) is 2.49. The average Bonchev–Trinajstić information content (AvgIpc) is 2.51. The quantitative estimate of drug-likeness (QED) is 0.801.